The summed E-state index contributed by atoms with van der Waals surface area (Å²) in [5.41, 5.74) is 0.659. The van der Waals surface area contributed by atoms with Gasteiger partial charge in [0, 0.05) is 32.7 Å². The molecule has 9 heteroatoms. The van der Waals surface area contributed by atoms with E-state index in [0.717, 1.165) is 39.1 Å². The normalized spacial score (nSPS) is 22.4. The number of likely N-dealkylation sites (N-methyl/N-ethyl adjacent to an activating group) is 1. The summed E-state index contributed by atoms with van der Waals surface area (Å²) in [7, 11) is 2.11. The number of ether oxygens (including phenoxy) is 1. The lowest BCUT2D eigenvalue weighted by Crippen LogP contribution is -2.45. The summed E-state index contributed by atoms with van der Waals surface area (Å²) < 4.78 is 41.4. The number of hydrogen-bond donors (Lipinski definition) is 0. The molecule has 3 rings (SSSR count). The van der Waals surface area contributed by atoms with E-state index in [-0.39, 0.29) is 17.0 Å². The number of amides is 1. The van der Waals surface area contributed by atoms with Gasteiger partial charge in [0.2, 0.25) is 5.91 Å². The van der Waals surface area contributed by atoms with Crippen LogP contribution in [0.3, 0.4) is 0 Å². The maximum absolute atomic E-state index is 12.5. The first-order valence-corrected chi connectivity index (χ1v) is 10.0. The van der Waals surface area contributed by atoms with Crippen LogP contribution in [0.15, 0.2) is 24.3 Å². The lowest BCUT2D eigenvalue weighted by molar-refractivity contribution is -0.274. The molecule has 2 aliphatic heterocycles. The predicted molar refractivity (Wildman–Crippen MR) is 98.6 cm³/mol. The summed E-state index contributed by atoms with van der Waals surface area (Å²) in [5, 5.41) is -0.262. The maximum atomic E-state index is 12.5. The molecule has 5 nitrogen and oxygen atoms in total. The lowest BCUT2D eigenvalue weighted by Gasteiger charge is -2.33. The zero-order valence-electron chi connectivity index (χ0n) is 15.2. The van der Waals surface area contributed by atoms with Crippen molar-refractivity contribution < 1.29 is 22.7 Å². The van der Waals surface area contributed by atoms with Crippen molar-refractivity contribution in [2.75, 3.05) is 52.1 Å². The van der Waals surface area contributed by atoms with E-state index >= 15 is 0 Å². The maximum Gasteiger partial charge on any atom is 0.573 e. The largest absolute Gasteiger partial charge is 0.573 e. The van der Waals surface area contributed by atoms with Crippen molar-refractivity contribution in [3.63, 3.8) is 0 Å². The van der Waals surface area contributed by atoms with Crippen LogP contribution in [-0.4, -0.2) is 79.0 Å². The average Bonchev–Trinajstić information content (AvgIpc) is 2.96. The zero-order valence-corrected chi connectivity index (χ0v) is 16.1. The van der Waals surface area contributed by atoms with Crippen LogP contribution in [0, 0.1) is 0 Å². The van der Waals surface area contributed by atoms with Crippen molar-refractivity contribution in [1.82, 2.24) is 14.7 Å². The SMILES string of the molecule is CN1CCN(CCCN2C(=O)CSC2c2cccc(OC(F)(F)F)c2)CC1. The second-order valence-corrected chi connectivity index (χ2v) is 7.94. The summed E-state index contributed by atoms with van der Waals surface area (Å²) >= 11 is 1.44. The van der Waals surface area contributed by atoms with Crippen molar-refractivity contribution in [3.05, 3.63) is 29.8 Å². The molecule has 2 saturated heterocycles. The van der Waals surface area contributed by atoms with Crippen LogP contribution in [0.4, 0.5) is 13.2 Å². The van der Waals surface area contributed by atoms with Gasteiger partial charge in [-0.1, -0.05) is 12.1 Å². The predicted octanol–water partition coefficient (Wildman–Crippen LogP) is 2.80. The van der Waals surface area contributed by atoms with E-state index < -0.39 is 6.36 Å². The Bertz CT molecular complexity index is 651. The number of thioether (sulfide) groups is 1. The number of carbonyl (C=O) groups is 1. The smallest absolute Gasteiger partial charge is 0.406 e. The van der Waals surface area contributed by atoms with Crippen molar-refractivity contribution in [2.45, 2.75) is 18.2 Å². The molecule has 2 heterocycles. The molecular weight excluding hydrogens is 379 g/mol. The molecule has 1 amide bonds. The van der Waals surface area contributed by atoms with E-state index in [4.69, 9.17) is 0 Å². The molecule has 1 atom stereocenters. The molecule has 1 unspecified atom stereocenters. The Hall–Kier alpha value is -1.45. The molecule has 27 heavy (non-hydrogen) atoms. The molecule has 2 fully saturated rings. The van der Waals surface area contributed by atoms with Crippen LogP contribution in [0.5, 0.6) is 5.75 Å². The fourth-order valence-electron chi connectivity index (χ4n) is 3.37. The van der Waals surface area contributed by atoms with Gasteiger partial charge in [-0.05, 0) is 37.7 Å². The standard InChI is InChI=1S/C18H24F3N3O2S/c1-22-8-10-23(11-9-22)6-3-7-24-16(25)13-27-17(24)14-4-2-5-15(12-14)26-18(19,20)21/h2,4-5,12,17H,3,6-11,13H2,1H3. The monoisotopic (exact) mass is 403 g/mol. The highest BCUT2D eigenvalue weighted by Gasteiger charge is 2.34. The van der Waals surface area contributed by atoms with Crippen LogP contribution in [0.2, 0.25) is 0 Å². The van der Waals surface area contributed by atoms with Gasteiger partial charge in [-0.3, -0.25) is 4.79 Å². The summed E-state index contributed by atoms with van der Waals surface area (Å²) in [4.78, 5) is 18.7. The van der Waals surface area contributed by atoms with Crippen molar-refractivity contribution in [1.29, 1.82) is 0 Å². The average molecular weight is 403 g/mol. The van der Waals surface area contributed by atoms with Gasteiger partial charge in [-0.25, -0.2) is 0 Å². The molecule has 0 bridgehead atoms. The number of carbonyl (C=O) groups excluding carboxylic acids is 1. The van der Waals surface area contributed by atoms with Gasteiger partial charge >= 0.3 is 6.36 Å². The summed E-state index contributed by atoms with van der Waals surface area (Å²) in [6, 6.07) is 5.92. The van der Waals surface area contributed by atoms with E-state index in [0.29, 0.717) is 17.9 Å². The summed E-state index contributed by atoms with van der Waals surface area (Å²) in [5.74, 6) is 0.131. The topological polar surface area (TPSA) is 36.0 Å². The number of alkyl halides is 3. The second-order valence-electron chi connectivity index (χ2n) is 6.87. The van der Waals surface area contributed by atoms with E-state index in [1.807, 2.05) is 0 Å². The van der Waals surface area contributed by atoms with Gasteiger partial charge in [0.1, 0.15) is 11.1 Å². The molecule has 0 spiro atoms. The van der Waals surface area contributed by atoms with Gasteiger partial charge in [-0.2, -0.15) is 0 Å². The zero-order chi connectivity index (χ0) is 19.4. The van der Waals surface area contributed by atoms with Gasteiger partial charge in [-0.15, -0.1) is 24.9 Å². The molecule has 0 radical (unpaired) electrons. The number of piperazine rings is 1. The fourth-order valence-corrected chi connectivity index (χ4v) is 4.58. The van der Waals surface area contributed by atoms with E-state index in [2.05, 4.69) is 21.6 Å². The van der Waals surface area contributed by atoms with Crippen LogP contribution in [-0.2, 0) is 4.79 Å². The minimum Gasteiger partial charge on any atom is -0.406 e. The van der Waals surface area contributed by atoms with E-state index in [9.17, 15) is 18.0 Å². The van der Waals surface area contributed by atoms with E-state index in [1.54, 1.807) is 11.0 Å². The lowest BCUT2D eigenvalue weighted by atomic mass is 10.2. The number of hydrogen-bond acceptors (Lipinski definition) is 5. The molecular formula is C18H24F3N3O2S. The molecule has 0 aromatic heterocycles. The molecule has 1 aromatic carbocycles. The van der Waals surface area contributed by atoms with Gasteiger partial charge in [0.25, 0.3) is 0 Å². The van der Waals surface area contributed by atoms with Crippen LogP contribution >= 0.6 is 11.8 Å². The van der Waals surface area contributed by atoms with Crippen molar-refractivity contribution >= 4 is 17.7 Å². The Morgan fingerprint density at radius 1 is 1.19 bits per heavy atom. The van der Waals surface area contributed by atoms with Crippen LogP contribution < -0.4 is 4.74 Å². The Morgan fingerprint density at radius 2 is 1.93 bits per heavy atom. The highest BCUT2D eigenvalue weighted by molar-refractivity contribution is 8.00. The van der Waals surface area contributed by atoms with Gasteiger partial charge in [0.05, 0.1) is 5.75 Å². The van der Waals surface area contributed by atoms with E-state index in [1.165, 1.54) is 30.0 Å². The first-order valence-electron chi connectivity index (χ1n) is 8.99. The Balaban J connectivity index is 1.58. The number of rotatable bonds is 6. The summed E-state index contributed by atoms with van der Waals surface area (Å²) in [6.07, 6.45) is -3.87. The Morgan fingerprint density at radius 3 is 2.63 bits per heavy atom. The highest BCUT2D eigenvalue weighted by Crippen LogP contribution is 2.40. The van der Waals surface area contributed by atoms with Gasteiger partial charge in [0.15, 0.2) is 0 Å². The second kappa shape index (κ2) is 8.70. The van der Waals surface area contributed by atoms with Crippen molar-refractivity contribution in [2.24, 2.45) is 0 Å². The minimum atomic E-state index is -4.72. The van der Waals surface area contributed by atoms with Gasteiger partial charge < -0.3 is 19.4 Å². The third-order valence-corrected chi connectivity index (χ3v) is 6.07. The molecule has 1 aromatic rings. The molecule has 0 saturated carbocycles. The number of halogens is 3. The van der Waals surface area contributed by atoms with Crippen LogP contribution in [0.25, 0.3) is 0 Å². The molecule has 0 N–H and O–H groups in total. The van der Waals surface area contributed by atoms with Crippen LogP contribution in [0.1, 0.15) is 17.4 Å². The Labute approximate surface area is 161 Å². The summed E-state index contributed by atoms with van der Waals surface area (Å²) in [6.45, 7) is 5.68. The molecule has 2 aliphatic rings. The first-order chi connectivity index (χ1) is 12.8. The minimum absolute atomic E-state index is 0.0329. The third-order valence-electron chi connectivity index (χ3n) is 4.81. The quantitative estimate of drug-likeness (QED) is 0.730. The third kappa shape index (κ3) is 5.76. The Kier molecular flexibility index (Phi) is 6.54. The fraction of sp³-hybridized carbons (Fsp3) is 0.611. The number of nitrogens with zero attached hydrogens (tertiary/aromatic N) is 3. The molecule has 150 valence electrons. The first kappa shape index (κ1) is 20.3. The number of benzene rings is 1. The molecule has 0 aliphatic carbocycles. The van der Waals surface area contributed by atoms with Crippen molar-refractivity contribution in [3.8, 4) is 5.75 Å². The highest BCUT2D eigenvalue weighted by atomic mass is 32.2.